The van der Waals surface area contributed by atoms with Gasteiger partial charge in [0.15, 0.2) is 5.69 Å². The van der Waals surface area contributed by atoms with Crippen molar-refractivity contribution in [2.24, 2.45) is 0 Å². The van der Waals surface area contributed by atoms with Gasteiger partial charge in [-0.2, -0.15) is 5.10 Å². The van der Waals surface area contributed by atoms with Gasteiger partial charge in [0.1, 0.15) is 23.9 Å². The van der Waals surface area contributed by atoms with Crippen molar-refractivity contribution in [3.8, 4) is 5.75 Å². The molecule has 1 amide bonds. The SMILES string of the molecule is Cc1ccc(OCc2c(C(=O)Nc3cnn(Cc4cccc(F)c4)c3)noc2C)c(C)c1. The van der Waals surface area contributed by atoms with Crippen molar-refractivity contribution in [1.82, 2.24) is 14.9 Å². The van der Waals surface area contributed by atoms with Crippen LogP contribution >= 0.6 is 0 Å². The number of hydrogen-bond acceptors (Lipinski definition) is 5. The Labute approximate surface area is 184 Å². The number of halogens is 1. The van der Waals surface area contributed by atoms with Gasteiger partial charge in [-0.3, -0.25) is 9.48 Å². The summed E-state index contributed by atoms with van der Waals surface area (Å²) in [5.41, 5.74) is 4.15. The molecule has 32 heavy (non-hydrogen) atoms. The standard InChI is InChI=1S/C24H23FN4O3/c1-15-7-8-22(16(2)9-15)31-14-21-17(3)32-28-23(21)24(30)27-20-11-26-29(13-20)12-18-5-4-6-19(25)10-18/h4-11,13H,12,14H2,1-3H3,(H,27,30). The van der Waals surface area contributed by atoms with Crippen LogP contribution in [0.1, 0.15) is 38.5 Å². The lowest BCUT2D eigenvalue weighted by Crippen LogP contribution is -2.15. The molecule has 1 N–H and O–H groups in total. The minimum atomic E-state index is -0.425. The molecule has 0 radical (unpaired) electrons. The summed E-state index contributed by atoms with van der Waals surface area (Å²) in [4.78, 5) is 12.8. The summed E-state index contributed by atoms with van der Waals surface area (Å²) < 4.78 is 26.1. The molecule has 0 atom stereocenters. The largest absolute Gasteiger partial charge is 0.488 e. The Balaban J connectivity index is 1.43. The van der Waals surface area contributed by atoms with Crippen LogP contribution in [0.5, 0.6) is 5.75 Å². The average Bonchev–Trinajstić information content (AvgIpc) is 3.33. The van der Waals surface area contributed by atoms with E-state index in [-0.39, 0.29) is 18.1 Å². The fraction of sp³-hybridized carbons (Fsp3) is 0.208. The molecule has 0 fully saturated rings. The van der Waals surface area contributed by atoms with E-state index in [2.05, 4.69) is 15.6 Å². The molecule has 0 aliphatic rings. The second-order valence-corrected chi connectivity index (χ2v) is 7.63. The van der Waals surface area contributed by atoms with Crippen LogP contribution in [0.25, 0.3) is 0 Å². The minimum Gasteiger partial charge on any atom is -0.488 e. The molecule has 8 heteroatoms. The molecule has 0 aliphatic heterocycles. The molecule has 0 saturated heterocycles. The van der Waals surface area contributed by atoms with E-state index in [9.17, 15) is 9.18 Å². The maximum absolute atomic E-state index is 13.4. The van der Waals surface area contributed by atoms with Crippen LogP contribution in [0.4, 0.5) is 10.1 Å². The van der Waals surface area contributed by atoms with Crippen LogP contribution < -0.4 is 10.1 Å². The van der Waals surface area contributed by atoms with Crippen molar-refractivity contribution in [2.45, 2.75) is 33.9 Å². The Morgan fingerprint density at radius 1 is 1.19 bits per heavy atom. The van der Waals surface area contributed by atoms with Gasteiger partial charge in [0.2, 0.25) is 0 Å². The zero-order valence-corrected chi connectivity index (χ0v) is 18.1. The molecular weight excluding hydrogens is 411 g/mol. The fourth-order valence-corrected chi connectivity index (χ4v) is 3.38. The van der Waals surface area contributed by atoms with E-state index >= 15 is 0 Å². The highest BCUT2D eigenvalue weighted by Crippen LogP contribution is 2.23. The van der Waals surface area contributed by atoms with Gasteiger partial charge in [0.25, 0.3) is 5.91 Å². The lowest BCUT2D eigenvalue weighted by atomic mass is 10.1. The molecule has 7 nitrogen and oxygen atoms in total. The summed E-state index contributed by atoms with van der Waals surface area (Å²) in [6.45, 7) is 6.26. The summed E-state index contributed by atoms with van der Waals surface area (Å²) in [6, 6.07) is 12.2. The highest BCUT2D eigenvalue weighted by Gasteiger charge is 2.21. The molecule has 2 aromatic carbocycles. The number of rotatable bonds is 7. The van der Waals surface area contributed by atoms with Crippen molar-refractivity contribution in [3.05, 3.63) is 94.4 Å². The summed E-state index contributed by atoms with van der Waals surface area (Å²) >= 11 is 0. The Kier molecular flexibility index (Phi) is 6.02. The van der Waals surface area contributed by atoms with Crippen LogP contribution in [0.3, 0.4) is 0 Å². The normalized spacial score (nSPS) is 10.9. The van der Waals surface area contributed by atoms with E-state index in [1.165, 1.54) is 18.3 Å². The molecule has 2 heterocycles. The maximum Gasteiger partial charge on any atom is 0.278 e. The van der Waals surface area contributed by atoms with E-state index in [1.54, 1.807) is 23.9 Å². The van der Waals surface area contributed by atoms with E-state index < -0.39 is 5.91 Å². The number of aryl methyl sites for hydroxylation is 3. The van der Waals surface area contributed by atoms with Crippen LogP contribution in [-0.2, 0) is 13.2 Å². The van der Waals surface area contributed by atoms with E-state index in [4.69, 9.17) is 9.26 Å². The third kappa shape index (κ3) is 4.85. The first-order valence-electron chi connectivity index (χ1n) is 10.1. The number of amides is 1. The molecular formula is C24H23FN4O3. The Hall–Kier alpha value is -3.94. The number of ether oxygens (including phenoxy) is 1. The van der Waals surface area contributed by atoms with Crippen molar-refractivity contribution in [1.29, 1.82) is 0 Å². The number of nitrogens with one attached hydrogen (secondary N) is 1. The van der Waals surface area contributed by atoms with Gasteiger partial charge in [0, 0.05) is 6.20 Å². The van der Waals surface area contributed by atoms with Gasteiger partial charge in [-0.05, 0) is 50.1 Å². The number of carbonyl (C=O) groups excluding carboxylic acids is 1. The topological polar surface area (TPSA) is 82.2 Å². The molecule has 4 aromatic rings. The average molecular weight is 434 g/mol. The summed E-state index contributed by atoms with van der Waals surface area (Å²) in [5.74, 6) is 0.523. The number of aromatic nitrogens is 3. The van der Waals surface area contributed by atoms with Crippen molar-refractivity contribution < 1.29 is 18.4 Å². The predicted octanol–water partition coefficient (Wildman–Crippen LogP) is 4.82. The lowest BCUT2D eigenvalue weighted by molar-refractivity contribution is 0.101. The van der Waals surface area contributed by atoms with Gasteiger partial charge in [0.05, 0.1) is 24.0 Å². The van der Waals surface area contributed by atoms with Crippen molar-refractivity contribution in [2.75, 3.05) is 5.32 Å². The van der Waals surface area contributed by atoms with Crippen molar-refractivity contribution >= 4 is 11.6 Å². The summed E-state index contributed by atoms with van der Waals surface area (Å²) in [5, 5.41) is 10.9. The zero-order chi connectivity index (χ0) is 22.7. The van der Waals surface area contributed by atoms with E-state index in [1.807, 2.05) is 38.1 Å². The first kappa shape index (κ1) is 21.3. The molecule has 0 unspecified atom stereocenters. The van der Waals surface area contributed by atoms with Gasteiger partial charge >= 0.3 is 0 Å². The highest BCUT2D eigenvalue weighted by atomic mass is 19.1. The van der Waals surface area contributed by atoms with Crippen LogP contribution in [0.2, 0.25) is 0 Å². The number of benzene rings is 2. The molecule has 0 saturated carbocycles. The van der Waals surface area contributed by atoms with E-state index in [0.29, 0.717) is 23.6 Å². The second-order valence-electron chi connectivity index (χ2n) is 7.63. The zero-order valence-electron chi connectivity index (χ0n) is 18.1. The molecule has 0 spiro atoms. The third-order valence-electron chi connectivity index (χ3n) is 5.03. The number of anilines is 1. The lowest BCUT2D eigenvalue weighted by Gasteiger charge is -2.10. The number of nitrogens with zero attached hydrogens (tertiary/aromatic N) is 3. The van der Waals surface area contributed by atoms with E-state index in [0.717, 1.165) is 22.4 Å². The van der Waals surface area contributed by atoms with Gasteiger partial charge in [-0.25, -0.2) is 4.39 Å². The summed E-state index contributed by atoms with van der Waals surface area (Å²) in [6.07, 6.45) is 3.19. The fourth-order valence-electron chi connectivity index (χ4n) is 3.38. The number of hydrogen-bond donors (Lipinski definition) is 1. The molecule has 2 aromatic heterocycles. The van der Waals surface area contributed by atoms with Crippen LogP contribution in [0, 0.1) is 26.6 Å². The first-order valence-corrected chi connectivity index (χ1v) is 10.1. The molecule has 0 bridgehead atoms. The summed E-state index contributed by atoms with van der Waals surface area (Å²) in [7, 11) is 0. The minimum absolute atomic E-state index is 0.154. The smallest absolute Gasteiger partial charge is 0.278 e. The Bertz CT molecular complexity index is 1260. The third-order valence-corrected chi connectivity index (χ3v) is 5.03. The van der Waals surface area contributed by atoms with Crippen molar-refractivity contribution in [3.63, 3.8) is 0 Å². The Morgan fingerprint density at radius 2 is 2.03 bits per heavy atom. The second kappa shape index (κ2) is 9.05. The van der Waals surface area contributed by atoms with Gasteiger partial charge in [-0.1, -0.05) is 35.0 Å². The first-order chi connectivity index (χ1) is 15.4. The van der Waals surface area contributed by atoms with Gasteiger partial charge in [-0.15, -0.1) is 0 Å². The van der Waals surface area contributed by atoms with Crippen LogP contribution in [0.15, 0.2) is 59.4 Å². The monoisotopic (exact) mass is 434 g/mol. The van der Waals surface area contributed by atoms with Gasteiger partial charge < -0.3 is 14.6 Å². The Morgan fingerprint density at radius 3 is 2.81 bits per heavy atom. The molecule has 4 rings (SSSR count). The maximum atomic E-state index is 13.4. The highest BCUT2D eigenvalue weighted by molar-refractivity contribution is 6.03. The van der Waals surface area contributed by atoms with Crippen LogP contribution in [-0.4, -0.2) is 20.8 Å². The quantitative estimate of drug-likeness (QED) is 0.451. The number of carbonyl (C=O) groups is 1. The molecule has 164 valence electrons. The molecule has 0 aliphatic carbocycles. The predicted molar refractivity (Wildman–Crippen MR) is 117 cm³/mol.